The van der Waals surface area contributed by atoms with Crippen LogP contribution in [0.15, 0.2) is 115 Å². The van der Waals surface area contributed by atoms with Gasteiger partial charge in [0, 0.05) is 37.3 Å². The molecule has 1 aromatic heterocycles. The van der Waals surface area contributed by atoms with Crippen LogP contribution in [0.5, 0.6) is 5.75 Å². The van der Waals surface area contributed by atoms with Crippen LogP contribution in [0.25, 0.3) is 22.6 Å². The van der Waals surface area contributed by atoms with Crippen LogP contribution in [0.1, 0.15) is 36.6 Å². The van der Waals surface area contributed by atoms with Crippen LogP contribution < -0.4 is 4.74 Å². The summed E-state index contributed by atoms with van der Waals surface area (Å²) in [6.45, 7) is 5.61. The van der Waals surface area contributed by atoms with Gasteiger partial charge in [-0.1, -0.05) is 116 Å². The van der Waals surface area contributed by atoms with Crippen molar-refractivity contribution in [3.63, 3.8) is 0 Å². The molecule has 1 heterocycles. The molecule has 5 rings (SSSR count). The summed E-state index contributed by atoms with van der Waals surface area (Å²) in [7, 11) is 1.73. The molecule has 0 aliphatic carbocycles. The van der Waals surface area contributed by atoms with Gasteiger partial charge in [-0.25, -0.2) is 4.98 Å². The van der Waals surface area contributed by atoms with Gasteiger partial charge in [0.2, 0.25) is 0 Å². The van der Waals surface area contributed by atoms with E-state index >= 15 is 0 Å². The summed E-state index contributed by atoms with van der Waals surface area (Å²) in [5.41, 5.74) is 7.15. The number of imidazole rings is 1. The molecule has 0 unspecified atom stereocenters. The molecule has 0 N–H and O–H groups in total. The molecular weight excluding hydrogens is 478 g/mol. The van der Waals surface area contributed by atoms with Crippen molar-refractivity contribution in [3.8, 4) is 28.4 Å². The summed E-state index contributed by atoms with van der Waals surface area (Å²) in [4.78, 5) is 7.83. The lowest BCUT2D eigenvalue weighted by atomic mass is 10.1. The van der Waals surface area contributed by atoms with Crippen molar-refractivity contribution < 1.29 is 4.74 Å². The Kier molecular flexibility index (Phi) is 8.87. The molecule has 198 valence electrons. The van der Waals surface area contributed by atoms with Crippen LogP contribution in [0.2, 0.25) is 0 Å². The molecule has 4 heteroatoms. The largest absolute Gasteiger partial charge is 0.497 e. The molecule has 0 atom stereocenters. The predicted octanol–water partition coefficient (Wildman–Crippen LogP) is 8.23. The number of hydrogen-bond acceptors (Lipinski definition) is 3. The Morgan fingerprint density at radius 1 is 0.692 bits per heavy atom. The van der Waals surface area contributed by atoms with Gasteiger partial charge in [-0.3, -0.25) is 4.90 Å². The van der Waals surface area contributed by atoms with Gasteiger partial charge in [0.15, 0.2) is 0 Å². The minimum absolute atomic E-state index is 0.778. The first-order valence-corrected chi connectivity index (χ1v) is 13.8. The normalized spacial score (nSPS) is 11.2. The molecule has 0 saturated heterocycles. The molecular formula is C35H37N3O. The molecule has 5 aromatic rings. The number of nitrogens with zero attached hydrogens (tertiary/aromatic N) is 3. The molecule has 0 saturated carbocycles. The van der Waals surface area contributed by atoms with Crippen molar-refractivity contribution in [2.75, 3.05) is 7.11 Å². The maximum absolute atomic E-state index is 5.53. The van der Waals surface area contributed by atoms with Crippen LogP contribution in [-0.4, -0.2) is 21.6 Å². The molecule has 0 amide bonds. The van der Waals surface area contributed by atoms with E-state index in [0.717, 1.165) is 67.4 Å². The third-order valence-electron chi connectivity index (χ3n) is 7.05. The minimum atomic E-state index is 0.778. The number of rotatable bonds is 12. The van der Waals surface area contributed by atoms with Crippen molar-refractivity contribution in [1.29, 1.82) is 0 Å². The maximum atomic E-state index is 5.53. The number of benzene rings is 4. The van der Waals surface area contributed by atoms with E-state index in [0.29, 0.717) is 0 Å². The Hall–Kier alpha value is -4.15. The van der Waals surface area contributed by atoms with Crippen molar-refractivity contribution in [1.82, 2.24) is 14.5 Å². The number of ether oxygens (including phenoxy) is 1. The molecule has 39 heavy (non-hydrogen) atoms. The Balaban J connectivity index is 1.60. The molecule has 0 radical (unpaired) electrons. The molecule has 4 nitrogen and oxygen atoms in total. The van der Waals surface area contributed by atoms with Gasteiger partial charge in [-0.15, -0.1) is 0 Å². The standard InChI is InChI=1S/C35H37N3O/c1-3-4-23-38-33(34(30-18-10-6-11-19-30)36-35(38)31-20-12-7-13-21-31)27-37(25-28-15-8-5-9-16-28)26-29-17-14-22-32(24-29)39-2/h5-22,24H,3-4,23,25-27H2,1-2H3. The number of unbranched alkanes of at least 4 members (excludes halogenated alkanes) is 1. The Morgan fingerprint density at radius 2 is 1.31 bits per heavy atom. The maximum Gasteiger partial charge on any atom is 0.140 e. The first-order chi connectivity index (χ1) is 19.2. The van der Waals surface area contributed by atoms with E-state index in [1.54, 1.807) is 7.11 Å². The van der Waals surface area contributed by atoms with Crippen molar-refractivity contribution in [2.24, 2.45) is 0 Å². The second-order valence-electron chi connectivity index (χ2n) is 9.95. The first-order valence-electron chi connectivity index (χ1n) is 13.8. The van der Waals surface area contributed by atoms with Crippen LogP contribution >= 0.6 is 0 Å². The highest BCUT2D eigenvalue weighted by Gasteiger charge is 2.22. The lowest BCUT2D eigenvalue weighted by molar-refractivity contribution is 0.241. The highest BCUT2D eigenvalue weighted by molar-refractivity contribution is 5.68. The zero-order valence-electron chi connectivity index (χ0n) is 23.0. The Labute approximate surface area is 232 Å². The number of methoxy groups -OCH3 is 1. The van der Waals surface area contributed by atoms with Gasteiger partial charge < -0.3 is 9.30 Å². The van der Waals surface area contributed by atoms with E-state index in [1.165, 1.54) is 16.8 Å². The molecule has 0 aliphatic heterocycles. The van der Waals surface area contributed by atoms with Crippen molar-refractivity contribution in [2.45, 2.75) is 45.9 Å². The fourth-order valence-electron chi connectivity index (χ4n) is 5.09. The van der Waals surface area contributed by atoms with E-state index in [-0.39, 0.29) is 0 Å². The molecule has 0 fully saturated rings. The number of hydrogen-bond donors (Lipinski definition) is 0. The SMILES string of the molecule is CCCCn1c(-c2ccccc2)nc(-c2ccccc2)c1CN(Cc1ccccc1)Cc1cccc(OC)c1. The zero-order valence-corrected chi connectivity index (χ0v) is 23.0. The van der Waals surface area contributed by atoms with Crippen LogP contribution in [0.4, 0.5) is 0 Å². The van der Waals surface area contributed by atoms with Crippen LogP contribution in [-0.2, 0) is 26.2 Å². The van der Waals surface area contributed by atoms with E-state index < -0.39 is 0 Å². The third-order valence-corrected chi connectivity index (χ3v) is 7.05. The topological polar surface area (TPSA) is 30.3 Å². The Morgan fingerprint density at radius 3 is 1.97 bits per heavy atom. The third kappa shape index (κ3) is 6.65. The quantitative estimate of drug-likeness (QED) is 0.168. The van der Waals surface area contributed by atoms with Crippen LogP contribution in [0, 0.1) is 0 Å². The van der Waals surface area contributed by atoms with Gasteiger partial charge in [-0.2, -0.15) is 0 Å². The van der Waals surface area contributed by atoms with Gasteiger partial charge in [0.25, 0.3) is 0 Å². The molecule has 0 bridgehead atoms. The fraction of sp³-hybridized carbons (Fsp3) is 0.229. The average Bonchev–Trinajstić information content (AvgIpc) is 3.35. The second-order valence-corrected chi connectivity index (χ2v) is 9.95. The summed E-state index contributed by atoms with van der Waals surface area (Å²) in [6.07, 6.45) is 2.23. The van der Waals surface area contributed by atoms with E-state index in [4.69, 9.17) is 9.72 Å². The summed E-state index contributed by atoms with van der Waals surface area (Å²) in [6, 6.07) is 40.4. The lowest BCUT2D eigenvalue weighted by Gasteiger charge is -2.25. The fourth-order valence-corrected chi connectivity index (χ4v) is 5.09. The van der Waals surface area contributed by atoms with Crippen molar-refractivity contribution >= 4 is 0 Å². The van der Waals surface area contributed by atoms with Gasteiger partial charge >= 0.3 is 0 Å². The van der Waals surface area contributed by atoms with E-state index in [2.05, 4.69) is 126 Å². The molecule has 0 spiro atoms. The van der Waals surface area contributed by atoms with Crippen LogP contribution in [0.3, 0.4) is 0 Å². The van der Waals surface area contributed by atoms with Gasteiger partial charge in [0.1, 0.15) is 11.6 Å². The van der Waals surface area contributed by atoms with E-state index in [9.17, 15) is 0 Å². The summed E-state index contributed by atoms with van der Waals surface area (Å²) in [5, 5.41) is 0. The summed E-state index contributed by atoms with van der Waals surface area (Å²) in [5.74, 6) is 1.93. The van der Waals surface area contributed by atoms with Gasteiger partial charge in [-0.05, 0) is 29.7 Å². The lowest BCUT2D eigenvalue weighted by Crippen LogP contribution is -2.24. The predicted molar refractivity (Wildman–Crippen MR) is 160 cm³/mol. The Bertz CT molecular complexity index is 1450. The first kappa shape index (κ1) is 26.5. The van der Waals surface area contributed by atoms with E-state index in [1.807, 2.05) is 6.07 Å². The molecule has 0 aliphatic rings. The highest BCUT2D eigenvalue weighted by atomic mass is 16.5. The smallest absolute Gasteiger partial charge is 0.140 e. The highest BCUT2D eigenvalue weighted by Crippen LogP contribution is 2.32. The summed E-state index contributed by atoms with van der Waals surface area (Å²) < 4.78 is 8.00. The average molecular weight is 516 g/mol. The number of aromatic nitrogens is 2. The summed E-state index contributed by atoms with van der Waals surface area (Å²) >= 11 is 0. The monoisotopic (exact) mass is 515 g/mol. The molecule has 4 aromatic carbocycles. The van der Waals surface area contributed by atoms with Gasteiger partial charge in [0.05, 0.1) is 18.5 Å². The minimum Gasteiger partial charge on any atom is -0.497 e. The second kappa shape index (κ2) is 13.1. The zero-order chi connectivity index (χ0) is 26.9. The van der Waals surface area contributed by atoms with Crippen molar-refractivity contribution in [3.05, 3.63) is 132 Å².